The maximum absolute atomic E-state index is 16.1. The Morgan fingerprint density at radius 2 is 1.34 bits per heavy atom. The number of nitrogens with zero attached hydrogens (tertiary/aromatic N) is 6. The standard InChI is InChI=1S/C54H62F10N10O8/c1-51(2,53(59,60)61)44(67-49(78)80-5)46(76)66-41(21-31-10-7-30(8-11-31)9-12-32-13-16-43(65-24-32)71-25-34-14-15-35(26-71)74(34)36-18-20-82-29-36)42(75)28-72(70-47(77)45(68-50(79)81-6)52(3,4)54(62,63)64)27-37-38(55)22-33(23-39(37)56)40-17-19-73(69-40)48(57)58/h7-8,10-11,13,16-17,19,22-24,34-36,41-42,44-45,48,75H,14-15,18,20-21,25-29H2,1-6H3,(H,66,76)(H,67,78)(H,68,79)(H,70,77)/t34?,35?,36-,41-,42-,44+,45+/m0/s1. The van der Waals surface area contributed by atoms with Gasteiger partial charge in [-0.15, -0.1) is 0 Å². The Labute approximate surface area is 465 Å². The van der Waals surface area contributed by atoms with Crippen LogP contribution in [0, 0.1) is 34.3 Å². The molecule has 2 unspecified atom stereocenters. The molecule has 3 aliphatic heterocycles. The average Bonchev–Trinajstić information content (AvgIpc) is 3.42. The summed E-state index contributed by atoms with van der Waals surface area (Å²) in [5.74, 6) is 0.802. The minimum Gasteiger partial charge on any atom is -0.453 e. The molecule has 28 heteroatoms. The van der Waals surface area contributed by atoms with Crippen LogP contribution in [0.5, 0.6) is 0 Å². The smallest absolute Gasteiger partial charge is 0.407 e. The lowest BCUT2D eigenvalue weighted by Crippen LogP contribution is -2.63. The molecule has 0 radical (unpaired) electrons. The number of halogens is 10. The summed E-state index contributed by atoms with van der Waals surface area (Å²) in [7, 11) is 1.61. The molecule has 2 aromatic heterocycles. The number of rotatable bonds is 19. The van der Waals surface area contributed by atoms with Crippen molar-refractivity contribution in [2.45, 2.75) is 121 Å². The number of methoxy groups -OCH3 is 2. The number of benzene rings is 2. The van der Waals surface area contributed by atoms with Crippen LogP contribution in [0.15, 0.2) is 67.0 Å². The molecular weight excluding hydrogens is 1110 g/mol. The third-order valence-corrected chi connectivity index (χ3v) is 15.1. The highest BCUT2D eigenvalue weighted by Crippen LogP contribution is 2.42. The first kappa shape index (κ1) is 62.4. The summed E-state index contributed by atoms with van der Waals surface area (Å²) < 4.78 is 161. The van der Waals surface area contributed by atoms with Crippen LogP contribution in [0.3, 0.4) is 0 Å². The van der Waals surface area contributed by atoms with E-state index in [9.17, 15) is 59.4 Å². The van der Waals surface area contributed by atoms with Crippen molar-refractivity contribution in [2.24, 2.45) is 10.8 Å². The molecule has 0 saturated carbocycles. The Kier molecular flexibility index (Phi) is 19.4. The summed E-state index contributed by atoms with van der Waals surface area (Å²) in [6.07, 6.45) is -10.3. The largest absolute Gasteiger partial charge is 0.453 e. The molecule has 0 aliphatic carbocycles. The van der Waals surface area contributed by atoms with Crippen molar-refractivity contribution in [3.05, 3.63) is 101 Å². The van der Waals surface area contributed by atoms with Crippen LogP contribution in [-0.4, -0.2) is 156 Å². The molecule has 0 spiro atoms. The number of alkyl carbamates (subject to hydrolysis) is 2. The van der Waals surface area contributed by atoms with Gasteiger partial charge in [-0.25, -0.2) is 33.0 Å². The van der Waals surface area contributed by atoms with Gasteiger partial charge in [0.2, 0.25) is 5.91 Å². The van der Waals surface area contributed by atoms with Crippen molar-refractivity contribution in [3.8, 4) is 23.1 Å². The van der Waals surface area contributed by atoms with Gasteiger partial charge in [-0.05, 0) is 101 Å². The zero-order valence-corrected chi connectivity index (χ0v) is 45.3. The number of hydrogen-bond donors (Lipinski definition) is 5. The van der Waals surface area contributed by atoms with E-state index in [0.29, 0.717) is 74.1 Å². The number of amides is 4. The van der Waals surface area contributed by atoms with E-state index in [4.69, 9.17) is 4.74 Å². The van der Waals surface area contributed by atoms with E-state index in [-0.39, 0.29) is 21.5 Å². The lowest BCUT2D eigenvalue weighted by molar-refractivity contribution is -0.221. The highest BCUT2D eigenvalue weighted by molar-refractivity contribution is 5.87. The topological polar surface area (TPSA) is 205 Å². The molecule has 7 atom stereocenters. The number of aliphatic hydroxyl groups is 1. The fraction of sp³-hybridized carbons (Fsp3) is 0.519. The molecule has 3 aliphatic rings. The van der Waals surface area contributed by atoms with Crippen LogP contribution in [0.1, 0.15) is 75.8 Å². The normalized spacial score (nSPS) is 19.2. The van der Waals surface area contributed by atoms with Gasteiger partial charge in [0.05, 0.1) is 49.5 Å². The van der Waals surface area contributed by atoms with E-state index in [1.54, 1.807) is 23.6 Å². The van der Waals surface area contributed by atoms with Gasteiger partial charge in [-0.1, -0.05) is 24.0 Å². The van der Waals surface area contributed by atoms with Crippen molar-refractivity contribution in [1.29, 1.82) is 0 Å². The van der Waals surface area contributed by atoms with Gasteiger partial charge in [-0.3, -0.25) is 19.9 Å². The van der Waals surface area contributed by atoms with Crippen LogP contribution in [0.4, 0.5) is 59.3 Å². The Morgan fingerprint density at radius 3 is 1.84 bits per heavy atom. The van der Waals surface area contributed by atoms with E-state index >= 15 is 8.78 Å². The third-order valence-electron chi connectivity index (χ3n) is 15.1. The first-order valence-corrected chi connectivity index (χ1v) is 25.9. The van der Waals surface area contributed by atoms with Crippen molar-refractivity contribution < 1.29 is 82.4 Å². The van der Waals surface area contributed by atoms with Crippen LogP contribution in [0.25, 0.3) is 11.3 Å². The Balaban J connectivity index is 1.18. The molecular formula is C54H62F10N10O8. The summed E-state index contributed by atoms with van der Waals surface area (Å²) in [5, 5.41) is 22.1. The van der Waals surface area contributed by atoms with Crippen molar-refractivity contribution >= 4 is 29.8 Å². The van der Waals surface area contributed by atoms with E-state index in [1.807, 2.05) is 22.9 Å². The summed E-state index contributed by atoms with van der Waals surface area (Å²) in [4.78, 5) is 62.5. The van der Waals surface area contributed by atoms with E-state index in [0.717, 1.165) is 77.9 Å². The number of aliphatic hydroxyl groups excluding tert-OH is 1. The van der Waals surface area contributed by atoms with Crippen LogP contribution < -0.4 is 26.3 Å². The number of carbonyl (C=O) groups is 4. The van der Waals surface area contributed by atoms with Gasteiger partial charge in [0.15, 0.2) is 0 Å². The predicted molar refractivity (Wildman–Crippen MR) is 274 cm³/mol. The molecule has 3 saturated heterocycles. The summed E-state index contributed by atoms with van der Waals surface area (Å²) in [6, 6.07) is 6.61. The van der Waals surface area contributed by atoms with Gasteiger partial charge < -0.3 is 40.2 Å². The average molecular weight is 1170 g/mol. The Morgan fingerprint density at radius 1 is 0.780 bits per heavy atom. The molecule has 5 heterocycles. The molecule has 446 valence electrons. The van der Waals surface area contributed by atoms with Crippen LogP contribution in [0.2, 0.25) is 0 Å². The molecule has 3 fully saturated rings. The number of pyridine rings is 1. The van der Waals surface area contributed by atoms with Gasteiger partial charge in [-0.2, -0.15) is 40.2 Å². The van der Waals surface area contributed by atoms with Gasteiger partial charge in [0.1, 0.15) is 29.5 Å². The highest BCUT2D eigenvalue weighted by Gasteiger charge is 2.57. The summed E-state index contributed by atoms with van der Waals surface area (Å²) in [6.45, 7) is 0.0677. The van der Waals surface area contributed by atoms with E-state index < -0.39 is 115 Å². The second kappa shape index (κ2) is 25.5. The van der Waals surface area contributed by atoms with Crippen molar-refractivity contribution in [2.75, 3.05) is 52.0 Å². The number of carbonyl (C=O) groups excluding carboxylic acids is 4. The minimum atomic E-state index is -5.23. The minimum absolute atomic E-state index is 0.199. The zero-order valence-electron chi connectivity index (χ0n) is 45.3. The van der Waals surface area contributed by atoms with Crippen LogP contribution in [-0.2, 0) is 36.8 Å². The maximum Gasteiger partial charge on any atom is 0.407 e. The fourth-order valence-corrected chi connectivity index (χ4v) is 10.0. The number of nitrogens with one attached hydrogen (secondary N) is 4. The fourth-order valence-electron chi connectivity index (χ4n) is 10.0. The quantitative estimate of drug-likeness (QED) is 0.0365. The summed E-state index contributed by atoms with van der Waals surface area (Å²) in [5.41, 5.74) is -4.41. The van der Waals surface area contributed by atoms with Gasteiger partial charge in [0, 0.05) is 85.6 Å². The number of ether oxygens (including phenoxy) is 3. The van der Waals surface area contributed by atoms with Crippen LogP contribution >= 0.6 is 0 Å². The number of aromatic nitrogens is 3. The van der Waals surface area contributed by atoms with Crippen molar-refractivity contribution in [3.63, 3.8) is 0 Å². The monoisotopic (exact) mass is 1170 g/mol. The number of piperazine rings is 1. The molecule has 7 rings (SSSR count). The second-order valence-corrected chi connectivity index (χ2v) is 21.3. The molecule has 5 N–H and O–H groups in total. The third kappa shape index (κ3) is 14.5. The maximum atomic E-state index is 16.1. The second-order valence-electron chi connectivity index (χ2n) is 21.3. The van der Waals surface area contributed by atoms with Crippen molar-refractivity contribution in [1.82, 2.24) is 46.0 Å². The Hall–Kier alpha value is -7.22. The first-order valence-electron chi connectivity index (χ1n) is 25.9. The molecule has 4 aromatic rings. The van der Waals surface area contributed by atoms with E-state index in [1.165, 1.54) is 12.1 Å². The first-order chi connectivity index (χ1) is 38.5. The molecule has 82 heavy (non-hydrogen) atoms. The van der Waals surface area contributed by atoms with E-state index in [2.05, 4.69) is 46.5 Å². The predicted octanol–water partition coefficient (Wildman–Crippen LogP) is 7.01. The van der Waals surface area contributed by atoms with Gasteiger partial charge >= 0.3 is 31.1 Å². The number of hydrogen-bond acceptors (Lipinski definition) is 13. The zero-order chi connectivity index (χ0) is 60.1. The molecule has 4 amide bonds. The molecule has 18 nitrogen and oxygen atoms in total. The number of hydrazine groups is 1. The number of fused-ring (bicyclic) bond motifs is 2. The SMILES string of the molecule is COC(=O)N[C@H](C(=O)N[C@@H](Cc1ccc(C#Cc2ccc(N3CC4CCC(C3)N4[C@H]3CCOC3)nc2)cc1)[C@@H](O)CN(Cc1c(F)cc(-c2ccn(C(F)F)n2)cc1F)NC(=O)[C@@H](NC(=O)OC)C(C)(C)C(F)(F)F)C(C)(C)C(F)(F)F. The lowest BCUT2D eigenvalue weighted by atomic mass is 9.82. The van der Waals surface area contributed by atoms with Gasteiger partial charge in [0.25, 0.3) is 5.91 Å². The lowest BCUT2D eigenvalue weighted by Gasteiger charge is -2.44. The Bertz CT molecular complexity index is 2930. The molecule has 2 aromatic carbocycles. The highest BCUT2D eigenvalue weighted by atomic mass is 19.4. The summed E-state index contributed by atoms with van der Waals surface area (Å²) >= 11 is 0. The molecule has 2 bridgehead atoms. The number of alkyl halides is 8. The number of anilines is 1.